The summed E-state index contributed by atoms with van der Waals surface area (Å²) in [4.78, 5) is 17.4. The number of fused-ring (bicyclic) bond motifs is 3. The summed E-state index contributed by atoms with van der Waals surface area (Å²) in [5, 5.41) is 6.25. The molecule has 1 aliphatic heterocycles. The fourth-order valence-corrected chi connectivity index (χ4v) is 5.72. The SMILES string of the molecule is CC/C=C(\NC(C)c1ccc2ccccc2c1)c1ccc2c(c1)N(CC)C(=O)c1ccccc1S2. The highest BCUT2D eigenvalue weighted by molar-refractivity contribution is 7.99. The van der Waals surface area contributed by atoms with Crippen LogP contribution in [0.1, 0.15) is 54.7 Å². The van der Waals surface area contributed by atoms with Gasteiger partial charge in [-0.25, -0.2) is 0 Å². The largest absolute Gasteiger partial charge is 0.378 e. The lowest BCUT2D eigenvalue weighted by Gasteiger charge is -2.24. The van der Waals surface area contributed by atoms with Crippen molar-refractivity contribution in [2.24, 2.45) is 0 Å². The topological polar surface area (TPSA) is 32.3 Å². The second-order valence-corrected chi connectivity index (χ2v) is 9.91. The smallest absolute Gasteiger partial charge is 0.259 e. The second-order valence-electron chi connectivity index (χ2n) is 8.83. The van der Waals surface area contributed by atoms with Crippen molar-refractivity contribution in [2.45, 2.75) is 43.0 Å². The zero-order valence-electron chi connectivity index (χ0n) is 20.4. The van der Waals surface area contributed by atoms with E-state index in [1.807, 2.05) is 36.1 Å². The molecule has 176 valence electrons. The first-order chi connectivity index (χ1) is 17.1. The maximum absolute atomic E-state index is 13.4. The second kappa shape index (κ2) is 10.0. The summed E-state index contributed by atoms with van der Waals surface area (Å²) in [5.41, 5.74) is 5.17. The van der Waals surface area contributed by atoms with Gasteiger partial charge < -0.3 is 10.2 Å². The van der Waals surface area contributed by atoms with Gasteiger partial charge in [0.05, 0.1) is 11.3 Å². The molecule has 0 aromatic heterocycles. The molecule has 0 saturated carbocycles. The van der Waals surface area contributed by atoms with E-state index in [0.29, 0.717) is 6.54 Å². The normalized spacial score (nSPS) is 14.3. The fourth-order valence-electron chi connectivity index (χ4n) is 4.66. The van der Waals surface area contributed by atoms with Crippen LogP contribution in [0.2, 0.25) is 0 Å². The molecular formula is C31H30N2OS. The molecule has 0 saturated heterocycles. The van der Waals surface area contributed by atoms with Crippen molar-refractivity contribution < 1.29 is 4.79 Å². The minimum absolute atomic E-state index is 0.0602. The van der Waals surface area contributed by atoms with Gasteiger partial charge in [0.1, 0.15) is 0 Å². The monoisotopic (exact) mass is 478 g/mol. The maximum Gasteiger partial charge on any atom is 0.259 e. The number of allylic oxidation sites excluding steroid dienone is 1. The Balaban J connectivity index is 1.48. The molecule has 35 heavy (non-hydrogen) atoms. The Hall–Kier alpha value is -3.50. The van der Waals surface area contributed by atoms with Gasteiger partial charge in [0.2, 0.25) is 0 Å². The molecule has 4 aromatic rings. The zero-order chi connectivity index (χ0) is 24.4. The molecular weight excluding hydrogens is 448 g/mol. The number of amides is 1. The lowest BCUT2D eigenvalue weighted by molar-refractivity contribution is 0.0985. The Morgan fingerprint density at radius 2 is 1.69 bits per heavy atom. The van der Waals surface area contributed by atoms with Crippen molar-refractivity contribution in [3.8, 4) is 0 Å². The van der Waals surface area contributed by atoms with E-state index in [-0.39, 0.29) is 11.9 Å². The highest BCUT2D eigenvalue weighted by Crippen LogP contribution is 2.42. The number of hydrogen-bond acceptors (Lipinski definition) is 3. The lowest BCUT2D eigenvalue weighted by Crippen LogP contribution is -2.30. The molecule has 0 bridgehead atoms. The minimum atomic E-state index is 0.0602. The third-order valence-corrected chi connectivity index (χ3v) is 7.65. The highest BCUT2D eigenvalue weighted by atomic mass is 32.2. The molecule has 0 aliphatic carbocycles. The van der Waals surface area contributed by atoms with Crippen molar-refractivity contribution in [2.75, 3.05) is 11.4 Å². The molecule has 4 heteroatoms. The Kier molecular flexibility index (Phi) is 6.65. The molecule has 0 radical (unpaired) electrons. The van der Waals surface area contributed by atoms with Crippen LogP contribution in [0.4, 0.5) is 5.69 Å². The van der Waals surface area contributed by atoms with E-state index >= 15 is 0 Å². The minimum Gasteiger partial charge on any atom is -0.378 e. The van der Waals surface area contributed by atoms with E-state index in [4.69, 9.17) is 0 Å². The molecule has 1 heterocycles. The van der Waals surface area contributed by atoms with Gasteiger partial charge in [-0.3, -0.25) is 4.79 Å². The van der Waals surface area contributed by atoms with Gasteiger partial charge in [-0.05, 0) is 72.5 Å². The predicted molar refractivity (Wildman–Crippen MR) is 148 cm³/mol. The Morgan fingerprint density at radius 1 is 0.914 bits per heavy atom. The Bertz CT molecular complexity index is 1420. The van der Waals surface area contributed by atoms with Gasteiger partial charge >= 0.3 is 0 Å². The van der Waals surface area contributed by atoms with Crippen LogP contribution >= 0.6 is 11.8 Å². The van der Waals surface area contributed by atoms with Crippen molar-refractivity contribution in [1.82, 2.24) is 5.32 Å². The summed E-state index contributed by atoms with van der Waals surface area (Å²) >= 11 is 1.67. The average molecular weight is 479 g/mol. The van der Waals surface area contributed by atoms with E-state index in [9.17, 15) is 4.79 Å². The van der Waals surface area contributed by atoms with E-state index in [1.54, 1.807) is 11.8 Å². The number of carbonyl (C=O) groups excluding carboxylic acids is 1. The molecule has 1 amide bonds. The van der Waals surface area contributed by atoms with Gasteiger partial charge in [0.25, 0.3) is 5.91 Å². The van der Waals surface area contributed by atoms with Gasteiger partial charge in [0, 0.05) is 28.1 Å². The number of nitrogens with one attached hydrogen (secondary N) is 1. The Morgan fingerprint density at radius 3 is 2.49 bits per heavy atom. The van der Waals surface area contributed by atoms with Crippen molar-refractivity contribution in [3.05, 3.63) is 108 Å². The number of anilines is 1. The number of hydrogen-bond donors (Lipinski definition) is 1. The lowest BCUT2D eigenvalue weighted by atomic mass is 10.0. The Labute approximate surface area is 211 Å². The molecule has 1 unspecified atom stereocenters. The van der Waals surface area contributed by atoms with Crippen LogP contribution in [0, 0.1) is 0 Å². The molecule has 4 aromatic carbocycles. The summed E-state index contributed by atoms with van der Waals surface area (Å²) < 4.78 is 0. The molecule has 0 spiro atoms. The van der Waals surface area contributed by atoms with Crippen LogP contribution < -0.4 is 10.2 Å². The molecule has 1 atom stereocenters. The molecule has 3 nitrogen and oxygen atoms in total. The van der Waals surface area contributed by atoms with Crippen molar-refractivity contribution in [3.63, 3.8) is 0 Å². The molecule has 1 aliphatic rings. The van der Waals surface area contributed by atoms with Crippen molar-refractivity contribution in [1.29, 1.82) is 0 Å². The standard InChI is InChI=1S/C31H30N2OS/c1-4-10-27(32-21(3)23-16-15-22-11-6-7-12-24(22)19-23)25-17-18-30-28(20-25)33(5-2)31(34)26-13-8-9-14-29(26)35-30/h6-21,32H,4-5H2,1-3H3/b27-10-. The van der Waals surface area contributed by atoms with Crippen LogP contribution in [0.3, 0.4) is 0 Å². The van der Waals surface area contributed by atoms with Crippen LogP contribution in [0.5, 0.6) is 0 Å². The average Bonchev–Trinajstić information content (AvgIpc) is 3.01. The summed E-state index contributed by atoms with van der Waals surface area (Å²) in [6.07, 6.45) is 3.15. The number of rotatable bonds is 6. The van der Waals surface area contributed by atoms with Gasteiger partial charge in [-0.1, -0.05) is 79.4 Å². The van der Waals surface area contributed by atoms with Gasteiger partial charge in [0.15, 0.2) is 0 Å². The summed E-state index contributed by atoms with van der Waals surface area (Å²) in [5.74, 6) is 0.0602. The zero-order valence-corrected chi connectivity index (χ0v) is 21.2. The van der Waals surface area contributed by atoms with Crippen LogP contribution in [0.25, 0.3) is 16.5 Å². The van der Waals surface area contributed by atoms with Crippen LogP contribution in [0.15, 0.2) is 101 Å². The third kappa shape index (κ3) is 4.59. The first-order valence-electron chi connectivity index (χ1n) is 12.3. The van der Waals surface area contributed by atoms with Crippen LogP contribution in [-0.2, 0) is 0 Å². The maximum atomic E-state index is 13.4. The van der Waals surface area contributed by atoms with Crippen molar-refractivity contribution >= 4 is 39.8 Å². The number of nitrogens with zero attached hydrogens (tertiary/aromatic N) is 1. The van der Waals surface area contributed by atoms with Gasteiger partial charge in [-0.15, -0.1) is 0 Å². The predicted octanol–water partition coefficient (Wildman–Crippen LogP) is 8.07. The van der Waals surface area contributed by atoms with E-state index < -0.39 is 0 Å². The fraction of sp³-hybridized carbons (Fsp3) is 0.194. The molecule has 1 N–H and O–H groups in total. The van der Waals surface area contributed by atoms with Gasteiger partial charge in [-0.2, -0.15) is 0 Å². The highest BCUT2D eigenvalue weighted by Gasteiger charge is 2.26. The summed E-state index contributed by atoms with van der Waals surface area (Å²) in [7, 11) is 0. The summed E-state index contributed by atoms with van der Waals surface area (Å²) in [6.45, 7) is 7.01. The third-order valence-electron chi connectivity index (χ3n) is 6.51. The quantitative estimate of drug-likeness (QED) is 0.304. The number of carbonyl (C=O) groups is 1. The molecule has 0 fully saturated rings. The van der Waals surface area contributed by atoms with Crippen LogP contribution in [-0.4, -0.2) is 12.5 Å². The molecule has 5 rings (SSSR count). The van der Waals surface area contributed by atoms with E-state index in [0.717, 1.165) is 38.7 Å². The summed E-state index contributed by atoms with van der Waals surface area (Å²) in [6, 6.07) is 29.6. The first kappa shape index (κ1) is 23.3. The number of benzene rings is 4. The first-order valence-corrected chi connectivity index (χ1v) is 13.1. The van der Waals surface area contributed by atoms with E-state index in [2.05, 4.69) is 85.9 Å². The van der Waals surface area contributed by atoms with E-state index in [1.165, 1.54) is 16.3 Å².